The summed E-state index contributed by atoms with van der Waals surface area (Å²) < 4.78 is 36.6. The molecule has 0 aliphatic rings. The summed E-state index contributed by atoms with van der Waals surface area (Å²) in [4.78, 5) is 11.8. The predicted octanol–water partition coefficient (Wildman–Crippen LogP) is 3.63. The Hall–Kier alpha value is -2.89. The fraction of sp³-hybridized carbons (Fsp3) is 0.118. The number of benzene rings is 2. The molecule has 0 atom stereocenters. The van der Waals surface area contributed by atoms with Crippen LogP contribution in [0, 0.1) is 11.6 Å². The molecule has 0 spiro atoms. The number of hydrogen-bond acceptors (Lipinski definition) is 3. The SMILES string of the molecule is COc1ccc(/C=C/C(=O)Nc2ccc(F)cc2F)c(OC)c1. The molecule has 2 aromatic rings. The molecule has 4 nitrogen and oxygen atoms in total. The van der Waals surface area contributed by atoms with Crippen molar-refractivity contribution in [2.24, 2.45) is 0 Å². The number of hydrogen-bond donors (Lipinski definition) is 1. The van der Waals surface area contributed by atoms with E-state index in [-0.39, 0.29) is 5.69 Å². The Morgan fingerprint density at radius 3 is 2.52 bits per heavy atom. The standard InChI is InChI=1S/C17H15F2NO3/c1-22-13-6-3-11(16(10-13)23-2)4-8-17(21)20-15-7-5-12(18)9-14(15)19/h3-10H,1-2H3,(H,20,21)/b8-4+. The van der Waals surface area contributed by atoms with Crippen LogP contribution in [0.1, 0.15) is 5.56 Å². The van der Waals surface area contributed by atoms with E-state index in [1.807, 2.05) is 0 Å². The molecule has 0 fully saturated rings. The summed E-state index contributed by atoms with van der Waals surface area (Å²) in [6.45, 7) is 0. The lowest BCUT2D eigenvalue weighted by atomic mass is 10.1. The van der Waals surface area contributed by atoms with Crippen LogP contribution in [0.25, 0.3) is 6.08 Å². The molecule has 0 saturated carbocycles. The van der Waals surface area contributed by atoms with E-state index in [2.05, 4.69) is 5.32 Å². The molecule has 1 amide bonds. The number of amides is 1. The van der Waals surface area contributed by atoms with E-state index in [0.717, 1.165) is 12.1 Å². The maximum absolute atomic E-state index is 13.5. The summed E-state index contributed by atoms with van der Waals surface area (Å²) in [5, 5.41) is 2.33. The van der Waals surface area contributed by atoms with Gasteiger partial charge in [0.2, 0.25) is 5.91 Å². The molecule has 6 heteroatoms. The number of nitrogens with one attached hydrogen (secondary N) is 1. The maximum atomic E-state index is 13.5. The third kappa shape index (κ3) is 4.29. The van der Waals surface area contributed by atoms with Crippen LogP contribution < -0.4 is 14.8 Å². The lowest BCUT2D eigenvalue weighted by Gasteiger charge is -2.07. The Morgan fingerprint density at radius 1 is 1.09 bits per heavy atom. The largest absolute Gasteiger partial charge is 0.497 e. The summed E-state index contributed by atoms with van der Waals surface area (Å²) in [5.41, 5.74) is 0.561. The van der Waals surface area contributed by atoms with E-state index in [1.54, 1.807) is 18.2 Å². The van der Waals surface area contributed by atoms with E-state index in [0.29, 0.717) is 23.1 Å². The zero-order valence-corrected chi connectivity index (χ0v) is 12.6. The minimum atomic E-state index is -0.839. The van der Waals surface area contributed by atoms with Crippen molar-refractivity contribution in [3.05, 3.63) is 59.7 Å². The first-order valence-corrected chi connectivity index (χ1v) is 6.69. The van der Waals surface area contributed by atoms with E-state index >= 15 is 0 Å². The third-order valence-electron chi connectivity index (χ3n) is 3.04. The highest BCUT2D eigenvalue weighted by Gasteiger charge is 2.07. The van der Waals surface area contributed by atoms with Crippen molar-refractivity contribution in [1.29, 1.82) is 0 Å². The molecule has 0 aliphatic carbocycles. The second-order valence-electron chi connectivity index (χ2n) is 4.55. The van der Waals surface area contributed by atoms with Crippen molar-refractivity contribution in [1.82, 2.24) is 0 Å². The molecule has 0 radical (unpaired) electrons. The third-order valence-corrected chi connectivity index (χ3v) is 3.04. The fourth-order valence-electron chi connectivity index (χ4n) is 1.89. The normalized spacial score (nSPS) is 10.6. The minimum Gasteiger partial charge on any atom is -0.497 e. The van der Waals surface area contributed by atoms with Crippen molar-refractivity contribution >= 4 is 17.7 Å². The zero-order chi connectivity index (χ0) is 16.8. The van der Waals surface area contributed by atoms with Gasteiger partial charge in [-0.15, -0.1) is 0 Å². The summed E-state index contributed by atoms with van der Waals surface area (Å²) in [5.74, 6) is -0.945. The van der Waals surface area contributed by atoms with Gasteiger partial charge in [-0.05, 0) is 30.3 Å². The zero-order valence-electron chi connectivity index (χ0n) is 12.6. The number of methoxy groups -OCH3 is 2. The van der Waals surface area contributed by atoms with Crippen molar-refractivity contribution in [3.8, 4) is 11.5 Å². The lowest BCUT2D eigenvalue weighted by Crippen LogP contribution is -2.09. The molecular weight excluding hydrogens is 304 g/mol. The van der Waals surface area contributed by atoms with Crippen LogP contribution in [0.4, 0.5) is 14.5 Å². The van der Waals surface area contributed by atoms with E-state index < -0.39 is 17.5 Å². The molecule has 0 aliphatic heterocycles. The van der Waals surface area contributed by atoms with Crippen molar-refractivity contribution < 1.29 is 23.0 Å². The van der Waals surface area contributed by atoms with Crippen LogP contribution in [-0.4, -0.2) is 20.1 Å². The molecule has 23 heavy (non-hydrogen) atoms. The van der Waals surface area contributed by atoms with Gasteiger partial charge in [-0.3, -0.25) is 4.79 Å². The molecule has 120 valence electrons. The Balaban J connectivity index is 2.12. The van der Waals surface area contributed by atoms with Crippen LogP contribution in [0.3, 0.4) is 0 Å². The van der Waals surface area contributed by atoms with Gasteiger partial charge >= 0.3 is 0 Å². The Kier molecular flexibility index (Phi) is 5.30. The van der Waals surface area contributed by atoms with Gasteiger partial charge in [-0.2, -0.15) is 0 Å². The topological polar surface area (TPSA) is 47.6 Å². The predicted molar refractivity (Wildman–Crippen MR) is 83.6 cm³/mol. The van der Waals surface area contributed by atoms with Gasteiger partial charge in [0.15, 0.2) is 0 Å². The van der Waals surface area contributed by atoms with Crippen LogP contribution in [0.2, 0.25) is 0 Å². The number of carbonyl (C=O) groups is 1. The molecule has 0 saturated heterocycles. The number of ether oxygens (including phenoxy) is 2. The van der Waals surface area contributed by atoms with E-state index in [9.17, 15) is 13.6 Å². The molecular formula is C17H15F2NO3. The summed E-state index contributed by atoms with van der Waals surface area (Å²) in [7, 11) is 3.04. The van der Waals surface area contributed by atoms with Gasteiger partial charge in [-0.1, -0.05) is 0 Å². The molecule has 0 aromatic heterocycles. The summed E-state index contributed by atoms with van der Waals surface area (Å²) in [6.07, 6.45) is 2.75. The quantitative estimate of drug-likeness (QED) is 0.856. The van der Waals surface area contributed by atoms with Crippen molar-refractivity contribution in [3.63, 3.8) is 0 Å². The minimum absolute atomic E-state index is 0.0947. The first-order chi connectivity index (χ1) is 11.0. The molecule has 0 bridgehead atoms. The number of rotatable bonds is 5. The highest BCUT2D eigenvalue weighted by atomic mass is 19.1. The second-order valence-corrected chi connectivity index (χ2v) is 4.55. The number of anilines is 1. The Bertz CT molecular complexity index is 745. The smallest absolute Gasteiger partial charge is 0.248 e. The fourth-order valence-corrected chi connectivity index (χ4v) is 1.89. The highest BCUT2D eigenvalue weighted by Crippen LogP contribution is 2.25. The summed E-state index contributed by atoms with van der Waals surface area (Å²) >= 11 is 0. The maximum Gasteiger partial charge on any atom is 0.248 e. The van der Waals surface area contributed by atoms with Crippen LogP contribution in [-0.2, 0) is 4.79 Å². The molecule has 2 rings (SSSR count). The first-order valence-electron chi connectivity index (χ1n) is 6.69. The molecule has 0 heterocycles. The second kappa shape index (κ2) is 7.40. The van der Waals surface area contributed by atoms with Crippen molar-refractivity contribution in [2.75, 3.05) is 19.5 Å². The van der Waals surface area contributed by atoms with Gasteiger partial charge in [0.05, 0.1) is 19.9 Å². The average molecular weight is 319 g/mol. The summed E-state index contributed by atoms with van der Waals surface area (Å²) in [6, 6.07) is 8.04. The lowest BCUT2D eigenvalue weighted by molar-refractivity contribution is -0.111. The molecule has 0 unspecified atom stereocenters. The first kappa shape index (κ1) is 16.5. The van der Waals surface area contributed by atoms with E-state index in [4.69, 9.17) is 9.47 Å². The van der Waals surface area contributed by atoms with Gasteiger partial charge < -0.3 is 14.8 Å². The average Bonchev–Trinajstić information content (AvgIpc) is 2.55. The monoisotopic (exact) mass is 319 g/mol. The van der Waals surface area contributed by atoms with Crippen LogP contribution >= 0.6 is 0 Å². The number of halogens is 2. The number of carbonyl (C=O) groups excluding carboxylic acids is 1. The highest BCUT2D eigenvalue weighted by molar-refractivity contribution is 6.02. The van der Waals surface area contributed by atoms with Gasteiger partial charge in [0.25, 0.3) is 0 Å². The Labute approximate surface area is 132 Å². The van der Waals surface area contributed by atoms with Gasteiger partial charge in [-0.25, -0.2) is 8.78 Å². The van der Waals surface area contributed by atoms with Crippen LogP contribution in [0.15, 0.2) is 42.5 Å². The Morgan fingerprint density at radius 2 is 1.87 bits per heavy atom. The van der Waals surface area contributed by atoms with Gasteiger partial charge in [0, 0.05) is 23.8 Å². The van der Waals surface area contributed by atoms with Crippen molar-refractivity contribution in [2.45, 2.75) is 0 Å². The van der Waals surface area contributed by atoms with Crippen LogP contribution in [0.5, 0.6) is 11.5 Å². The van der Waals surface area contributed by atoms with Gasteiger partial charge in [0.1, 0.15) is 23.1 Å². The molecule has 2 aromatic carbocycles. The molecule has 1 N–H and O–H groups in total. The van der Waals surface area contributed by atoms with E-state index in [1.165, 1.54) is 26.4 Å².